The normalized spacial score (nSPS) is 11.0. The average molecular weight is 386 g/mol. The number of amides is 1. The fourth-order valence-corrected chi connectivity index (χ4v) is 0.890. The van der Waals surface area contributed by atoms with Gasteiger partial charge in [-0.05, 0) is 59.4 Å². The van der Waals surface area contributed by atoms with Gasteiger partial charge in [-0.2, -0.15) is 0 Å². The second kappa shape index (κ2) is 5.57. The van der Waals surface area contributed by atoms with Gasteiger partial charge in [-0.25, -0.2) is 0 Å². The van der Waals surface area contributed by atoms with Crippen LogP contribution >= 0.6 is 59.4 Å². The summed E-state index contributed by atoms with van der Waals surface area (Å²) in [5, 5.41) is 2.00. The van der Waals surface area contributed by atoms with Crippen LogP contribution in [-0.4, -0.2) is 19.8 Å². The van der Waals surface area contributed by atoms with E-state index in [1.54, 1.807) is 0 Å². The number of alkyl halides is 3. The van der Waals surface area contributed by atoms with Crippen LogP contribution < -0.4 is 5.32 Å². The molecule has 3 nitrogen and oxygen atoms in total. The minimum Gasteiger partial charge on any atom is -0.353 e. The molecule has 0 bridgehead atoms. The Kier molecular flexibility index (Phi) is 5.97. The van der Waals surface area contributed by atoms with E-state index in [2.05, 4.69) is 53.1 Å². The zero-order valence-electron chi connectivity index (χ0n) is 5.74. The van der Waals surface area contributed by atoms with Gasteiger partial charge in [-0.15, -0.1) is 0 Å². The van der Waals surface area contributed by atoms with Crippen molar-refractivity contribution in [2.45, 2.75) is 8.56 Å². The molecular weight excluding hydrogens is 381 g/mol. The molecule has 0 aromatic heterocycles. The summed E-state index contributed by atoms with van der Waals surface area (Å²) in [6.07, 6.45) is 0.121. The van der Waals surface area contributed by atoms with Crippen LogP contribution in [0, 0.1) is 0 Å². The summed E-state index contributed by atoms with van der Waals surface area (Å²) in [7, 11) is 0. The highest BCUT2D eigenvalue weighted by molar-refractivity contribution is 9.40. The Balaban J connectivity index is 3.66. The molecule has 70 valence electrons. The van der Waals surface area contributed by atoms with Gasteiger partial charge >= 0.3 is 0 Å². The second-order valence-corrected chi connectivity index (χ2v) is 9.04. The summed E-state index contributed by atoms with van der Waals surface area (Å²) in [6, 6.07) is 0. The van der Waals surface area contributed by atoms with Crippen LogP contribution in [0.3, 0.4) is 0 Å². The molecule has 0 saturated heterocycles. The predicted octanol–water partition coefficient (Wildman–Crippen LogP) is 2.10. The Morgan fingerprint density at radius 3 is 2.17 bits per heavy atom. The van der Waals surface area contributed by atoms with Gasteiger partial charge in [0.05, 0.1) is 0 Å². The maximum Gasteiger partial charge on any atom is 0.258 e. The molecule has 12 heavy (non-hydrogen) atoms. The Labute approximate surface area is 100.0 Å². The van der Waals surface area contributed by atoms with E-state index in [1.165, 1.54) is 0 Å². The number of hydrogen-bond donors (Lipinski definition) is 1. The standard InChI is InChI=1S/C5H5Br3ClNO2/c6-5(7,8)4(12)10-2-1-3(9)11/h1-2H2,(H,10,12). The molecule has 0 unspecified atom stereocenters. The summed E-state index contributed by atoms with van der Waals surface area (Å²) in [6.45, 7) is 0.228. The number of halogens is 4. The van der Waals surface area contributed by atoms with E-state index < -0.39 is 7.39 Å². The summed E-state index contributed by atoms with van der Waals surface area (Å²) >= 11 is 14.1. The van der Waals surface area contributed by atoms with Crippen LogP contribution in [0.2, 0.25) is 0 Å². The molecule has 0 rings (SSSR count). The van der Waals surface area contributed by atoms with Crippen LogP contribution in [0.15, 0.2) is 0 Å². The molecule has 0 aliphatic heterocycles. The monoisotopic (exact) mass is 383 g/mol. The van der Waals surface area contributed by atoms with Crippen molar-refractivity contribution in [3.63, 3.8) is 0 Å². The zero-order valence-corrected chi connectivity index (χ0v) is 11.3. The van der Waals surface area contributed by atoms with Crippen LogP contribution in [0.1, 0.15) is 6.42 Å². The van der Waals surface area contributed by atoms with Gasteiger partial charge in [0.1, 0.15) is 0 Å². The van der Waals surface area contributed by atoms with Crippen LogP contribution in [0.4, 0.5) is 0 Å². The van der Waals surface area contributed by atoms with Crippen molar-refractivity contribution < 1.29 is 9.59 Å². The second-order valence-electron chi connectivity index (χ2n) is 1.86. The Bertz CT molecular complexity index is 192. The SMILES string of the molecule is O=C(Cl)CCNC(=O)C(Br)(Br)Br. The van der Waals surface area contributed by atoms with E-state index in [-0.39, 0.29) is 18.9 Å². The first-order chi connectivity index (χ1) is 5.34. The molecule has 0 atom stereocenters. The molecule has 0 aromatic rings. The predicted molar refractivity (Wildman–Crippen MR) is 58.0 cm³/mol. The number of carbonyl (C=O) groups is 2. The lowest BCUT2D eigenvalue weighted by Crippen LogP contribution is -2.34. The van der Waals surface area contributed by atoms with E-state index in [9.17, 15) is 9.59 Å². The molecule has 0 heterocycles. The highest BCUT2D eigenvalue weighted by Crippen LogP contribution is 2.33. The molecule has 0 aliphatic rings. The molecule has 0 aromatic carbocycles. The van der Waals surface area contributed by atoms with Gasteiger partial charge in [0.2, 0.25) is 7.39 Å². The fourth-order valence-electron chi connectivity index (χ4n) is 0.375. The van der Waals surface area contributed by atoms with Gasteiger partial charge in [-0.3, -0.25) is 9.59 Å². The summed E-state index contributed by atoms with van der Waals surface area (Å²) in [5.41, 5.74) is 0. The van der Waals surface area contributed by atoms with E-state index in [4.69, 9.17) is 11.6 Å². The maximum atomic E-state index is 11.0. The minimum absolute atomic E-state index is 0.121. The number of hydrogen-bond acceptors (Lipinski definition) is 2. The molecule has 0 saturated carbocycles. The molecular formula is C5H5Br3ClNO2. The van der Waals surface area contributed by atoms with Crippen LogP contribution in [0.5, 0.6) is 0 Å². The number of nitrogens with one attached hydrogen (secondary N) is 1. The van der Waals surface area contributed by atoms with Gasteiger partial charge < -0.3 is 5.32 Å². The van der Waals surface area contributed by atoms with Gasteiger partial charge in [0.15, 0.2) is 0 Å². The minimum atomic E-state index is -0.970. The summed E-state index contributed by atoms with van der Waals surface area (Å²) < 4.78 is -0.970. The van der Waals surface area contributed by atoms with Gasteiger partial charge in [0, 0.05) is 13.0 Å². The topological polar surface area (TPSA) is 46.2 Å². The van der Waals surface area contributed by atoms with Gasteiger partial charge in [0.25, 0.3) is 5.91 Å². The number of rotatable bonds is 3. The smallest absolute Gasteiger partial charge is 0.258 e. The fraction of sp³-hybridized carbons (Fsp3) is 0.600. The lowest BCUT2D eigenvalue weighted by Gasteiger charge is -2.11. The van der Waals surface area contributed by atoms with E-state index in [1.807, 2.05) is 0 Å². The highest BCUT2D eigenvalue weighted by atomic mass is 80.0. The third-order valence-corrected chi connectivity index (χ3v) is 2.13. The quantitative estimate of drug-likeness (QED) is 0.597. The van der Waals surface area contributed by atoms with Crippen molar-refractivity contribution >= 4 is 70.5 Å². The van der Waals surface area contributed by atoms with E-state index in [0.29, 0.717) is 0 Å². The van der Waals surface area contributed by atoms with Crippen molar-refractivity contribution in [1.29, 1.82) is 0 Å². The Morgan fingerprint density at radius 1 is 1.33 bits per heavy atom. The Hall–Kier alpha value is 0.870. The first-order valence-electron chi connectivity index (χ1n) is 2.87. The van der Waals surface area contributed by atoms with E-state index in [0.717, 1.165) is 0 Å². The molecule has 0 radical (unpaired) electrons. The van der Waals surface area contributed by atoms with Crippen molar-refractivity contribution in [1.82, 2.24) is 5.32 Å². The number of carbonyl (C=O) groups excluding carboxylic acids is 2. The Morgan fingerprint density at radius 2 is 1.83 bits per heavy atom. The van der Waals surface area contributed by atoms with E-state index >= 15 is 0 Å². The summed E-state index contributed by atoms with van der Waals surface area (Å²) in [5.74, 6) is -0.319. The third-order valence-electron chi connectivity index (χ3n) is 0.865. The lowest BCUT2D eigenvalue weighted by molar-refractivity contribution is -0.119. The first-order valence-corrected chi connectivity index (χ1v) is 5.63. The molecule has 1 N–H and O–H groups in total. The van der Waals surface area contributed by atoms with Crippen molar-refractivity contribution in [2.24, 2.45) is 0 Å². The molecule has 0 aliphatic carbocycles. The average Bonchev–Trinajstić information content (AvgIpc) is 1.84. The van der Waals surface area contributed by atoms with Crippen molar-refractivity contribution in [3.05, 3.63) is 0 Å². The lowest BCUT2D eigenvalue weighted by atomic mass is 10.4. The van der Waals surface area contributed by atoms with Gasteiger partial charge in [-0.1, -0.05) is 0 Å². The highest BCUT2D eigenvalue weighted by Gasteiger charge is 2.27. The zero-order chi connectivity index (χ0) is 9.78. The van der Waals surface area contributed by atoms with Crippen LogP contribution in [-0.2, 0) is 9.59 Å². The molecule has 0 spiro atoms. The third kappa shape index (κ3) is 6.39. The van der Waals surface area contributed by atoms with Crippen LogP contribution in [0.25, 0.3) is 0 Å². The molecule has 7 heteroatoms. The maximum absolute atomic E-state index is 11.0. The molecule has 0 fully saturated rings. The largest absolute Gasteiger partial charge is 0.353 e. The molecule has 1 amide bonds. The van der Waals surface area contributed by atoms with Crippen molar-refractivity contribution in [2.75, 3.05) is 6.54 Å². The van der Waals surface area contributed by atoms with Crippen molar-refractivity contribution in [3.8, 4) is 0 Å². The first kappa shape index (κ1) is 12.9. The summed E-state index contributed by atoms with van der Waals surface area (Å²) in [4.78, 5) is 21.3.